The molecule has 2 aromatic carbocycles. The van der Waals surface area contributed by atoms with E-state index in [-0.39, 0.29) is 10.6 Å². The third-order valence-corrected chi connectivity index (χ3v) is 7.36. The van der Waals surface area contributed by atoms with Crippen LogP contribution in [0.2, 0.25) is 0 Å². The molecular weight excluding hydrogens is 460 g/mol. The summed E-state index contributed by atoms with van der Waals surface area (Å²) in [5.41, 5.74) is 1.59. The highest BCUT2D eigenvalue weighted by Gasteiger charge is 2.21. The van der Waals surface area contributed by atoms with Gasteiger partial charge in [-0.3, -0.25) is 14.5 Å². The molecule has 1 amide bonds. The molecule has 1 aliphatic rings. The minimum absolute atomic E-state index is 0.0282. The highest BCUT2D eigenvalue weighted by molar-refractivity contribution is 7.90. The molecule has 33 heavy (non-hydrogen) atoms. The number of amides is 1. The van der Waals surface area contributed by atoms with E-state index in [0.717, 1.165) is 16.6 Å². The van der Waals surface area contributed by atoms with E-state index in [1.54, 1.807) is 12.1 Å². The average Bonchev–Trinajstić information content (AvgIpc) is 3.48. The summed E-state index contributed by atoms with van der Waals surface area (Å²) >= 11 is 1.42. The van der Waals surface area contributed by atoms with Crippen molar-refractivity contribution in [2.75, 3.05) is 11.9 Å². The molecule has 0 bridgehead atoms. The zero-order valence-electron chi connectivity index (χ0n) is 17.2. The summed E-state index contributed by atoms with van der Waals surface area (Å²) in [6.45, 7) is 0.614. The van der Waals surface area contributed by atoms with Gasteiger partial charge in [-0.25, -0.2) is 23.4 Å². The molecule has 9 nitrogen and oxygen atoms in total. The van der Waals surface area contributed by atoms with Gasteiger partial charge in [-0.15, -0.1) is 11.3 Å². The van der Waals surface area contributed by atoms with Crippen molar-refractivity contribution in [1.29, 1.82) is 0 Å². The molecule has 0 aliphatic carbocycles. The Kier molecular flexibility index (Phi) is 5.56. The van der Waals surface area contributed by atoms with Gasteiger partial charge in [-0.2, -0.15) is 0 Å². The Balaban J connectivity index is 1.41. The van der Waals surface area contributed by atoms with Gasteiger partial charge in [0, 0.05) is 31.0 Å². The fourth-order valence-corrected chi connectivity index (χ4v) is 5.50. The van der Waals surface area contributed by atoms with Gasteiger partial charge in [0.15, 0.2) is 5.69 Å². The molecule has 4 aromatic rings. The normalized spacial score (nSPS) is 13.6. The number of aromatic nitrogens is 3. The maximum Gasteiger partial charge on any atom is 0.276 e. The second-order valence-corrected chi connectivity index (χ2v) is 9.97. The number of fused-ring (bicyclic) bond motifs is 1. The first-order valence-corrected chi connectivity index (χ1v) is 12.4. The number of anilines is 1. The van der Waals surface area contributed by atoms with E-state index in [0.29, 0.717) is 35.2 Å². The molecule has 1 aliphatic heterocycles. The third kappa shape index (κ3) is 4.45. The summed E-state index contributed by atoms with van der Waals surface area (Å²) in [4.78, 5) is 30.3. The lowest BCUT2D eigenvalue weighted by molar-refractivity contribution is 0.102. The number of amidine groups is 1. The zero-order chi connectivity index (χ0) is 22.8. The first kappa shape index (κ1) is 21.2. The number of nitrogens with zero attached hydrogens (tertiary/aromatic N) is 4. The minimum Gasteiger partial charge on any atom is -0.321 e. The van der Waals surface area contributed by atoms with Crippen LogP contribution in [0, 0.1) is 0 Å². The number of hydrogen-bond acceptors (Lipinski definition) is 8. The fraction of sp³-hybridized carbons (Fsp3) is 0.136. The van der Waals surface area contributed by atoms with Crippen LogP contribution in [0.5, 0.6) is 0 Å². The van der Waals surface area contributed by atoms with E-state index < -0.39 is 15.9 Å². The lowest BCUT2D eigenvalue weighted by Crippen LogP contribution is -2.29. The Morgan fingerprint density at radius 3 is 2.70 bits per heavy atom. The number of thiazole rings is 1. The number of hydrogen-bond donors (Lipinski definition) is 2. The van der Waals surface area contributed by atoms with Gasteiger partial charge in [0.05, 0.1) is 15.1 Å². The number of sulfonamides is 1. The Labute approximate surface area is 193 Å². The summed E-state index contributed by atoms with van der Waals surface area (Å²) in [6.07, 6.45) is 4.35. The standard InChI is InChI=1S/C22H18N6O3S2/c29-21(19-20(25-12-11-24-19)22-27-16-7-1-2-8-17(16)32-22)26-14-5-3-6-15(13-14)33(30,31)28-18-9-4-10-23-18/h1-3,5-8,11-13H,4,9-10H2,(H,23,28)(H,26,29). The van der Waals surface area contributed by atoms with Gasteiger partial charge in [0.2, 0.25) is 0 Å². The molecule has 2 aromatic heterocycles. The maximum atomic E-state index is 13.0. The van der Waals surface area contributed by atoms with Crippen LogP contribution >= 0.6 is 11.3 Å². The third-order valence-electron chi connectivity index (χ3n) is 4.94. The number of nitrogens with one attached hydrogen (secondary N) is 2. The molecule has 5 rings (SSSR count). The topological polar surface area (TPSA) is 126 Å². The Morgan fingerprint density at radius 2 is 1.88 bits per heavy atom. The summed E-state index contributed by atoms with van der Waals surface area (Å²) in [6, 6.07) is 13.7. The van der Waals surface area contributed by atoms with Crippen molar-refractivity contribution in [3.63, 3.8) is 0 Å². The van der Waals surface area contributed by atoms with Gasteiger partial charge in [0.1, 0.15) is 16.5 Å². The molecule has 0 spiro atoms. The van der Waals surface area contributed by atoms with Crippen LogP contribution in [-0.2, 0) is 10.0 Å². The van der Waals surface area contributed by atoms with Crippen LogP contribution in [0.15, 0.2) is 70.8 Å². The number of aliphatic imine (C=N–C) groups is 1. The van der Waals surface area contributed by atoms with Gasteiger partial charge in [0.25, 0.3) is 15.9 Å². The Bertz CT molecular complexity index is 1460. The molecule has 0 unspecified atom stereocenters. The lowest BCUT2D eigenvalue weighted by Gasteiger charge is -2.10. The summed E-state index contributed by atoms with van der Waals surface area (Å²) in [7, 11) is -3.80. The van der Waals surface area contributed by atoms with E-state index in [1.165, 1.54) is 35.9 Å². The van der Waals surface area contributed by atoms with Crippen molar-refractivity contribution < 1.29 is 13.2 Å². The number of carbonyl (C=O) groups is 1. The van der Waals surface area contributed by atoms with E-state index in [2.05, 4.69) is 30.0 Å². The van der Waals surface area contributed by atoms with Gasteiger partial charge >= 0.3 is 0 Å². The Morgan fingerprint density at radius 1 is 1.03 bits per heavy atom. The molecule has 3 heterocycles. The summed E-state index contributed by atoms with van der Waals surface area (Å²) in [5, 5.41) is 3.30. The summed E-state index contributed by atoms with van der Waals surface area (Å²) in [5.74, 6) is -0.0653. The molecule has 0 radical (unpaired) electrons. The number of carbonyl (C=O) groups excluding carboxylic acids is 1. The van der Waals surface area contributed by atoms with Crippen molar-refractivity contribution in [2.24, 2.45) is 4.99 Å². The second kappa shape index (κ2) is 8.68. The van der Waals surface area contributed by atoms with Crippen LogP contribution in [-0.4, -0.2) is 41.7 Å². The zero-order valence-corrected chi connectivity index (χ0v) is 18.9. The van der Waals surface area contributed by atoms with Crippen molar-refractivity contribution in [2.45, 2.75) is 17.7 Å². The molecule has 0 atom stereocenters. The first-order valence-electron chi connectivity index (χ1n) is 10.1. The van der Waals surface area contributed by atoms with Gasteiger partial charge in [-0.1, -0.05) is 18.2 Å². The lowest BCUT2D eigenvalue weighted by atomic mass is 10.2. The predicted molar refractivity (Wildman–Crippen MR) is 127 cm³/mol. The van der Waals surface area contributed by atoms with Crippen LogP contribution in [0.25, 0.3) is 20.9 Å². The molecule has 166 valence electrons. The number of para-hydroxylation sites is 1. The second-order valence-electron chi connectivity index (χ2n) is 7.26. The van der Waals surface area contributed by atoms with Gasteiger partial charge < -0.3 is 5.32 Å². The molecule has 0 saturated heterocycles. The predicted octanol–water partition coefficient (Wildman–Crippen LogP) is 3.48. The fourth-order valence-electron chi connectivity index (χ4n) is 3.40. The number of benzene rings is 2. The summed E-state index contributed by atoms with van der Waals surface area (Å²) < 4.78 is 28.9. The highest BCUT2D eigenvalue weighted by Crippen LogP contribution is 2.30. The van der Waals surface area contributed by atoms with Crippen LogP contribution in [0.3, 0.4) is 0 Å². The van der Waals surface area contributed by atoms with Crippen molar-refractivity contribution in [3.05, 3.63) is 66.6 Å². The molecular formula is C22H18N6O3S2. The smallest absolute Gasteiger partial charge is 0.276 e. The first-order chi connectivity index (χ1) is 16.0. The quantitative estimate of drug-likeness (QED) is 0.452. The van der Waals surface area contributed by atoms with Crippen molar-refractivity contribution in [1.82, 2.24) is 19.7 Å². The Hall–Kier alpha value is -3.70. The van der Waals surface area contributed by atoms with E-state index in [9.17, 15) is 13.2 Å². The molecule has 0 fully saturated rings. The highest BCUT2D eigenvalue weighted by atomic mass is 32.2. The molecule has 0 saturated carbocycles. The largest absolute Gasteiger partial charge is 0.321 e. The maximum absolute atomic E-state index is 13.0. The van der Waals surface area contributed by atoms with E-state index in [1.807, 2.05) is 24.3 Å². The van der Waals surface area contributed by atoms with Crippen molar-refractivity contribution >= 4 is 49.0 Å². The minimum atomic E-state index is -3.80. The van der Waals surface area contributed by atoms with Crippen LogP contribution in [0.1, 0.15) is 23.3 Å². The van der Waals surface area contributed by atoms with Crippen LogP contribution in [0.4, 0.5) is 5.69 Å². The average molecular weight is 479 g/mol. The van der Waals surface area contributed by atoms with E-state index in [4.69, 9.17) is 0 Å². The monoisotopic (exact) mass is 478 g/mol. The number of rotatable bonds is 5. The SMILES string of the molecule is O=C(Nc1cccc(S(=O)(=O)NC2=NCCC2)c1)c1nccnc1-c1nc2ccccc2s1. The van der Waals surface area contributed by atoms with Gasteiger partial charge in [-0.05, 0) is 36.8 Å². The van der Waals surface area contributed by atoms with E-state index >= 15 is 0 Å². The van der Waals surface area contributed by atoms with Crippen molar-refractivity contribution in [3.8, 4) is 10.7 Å². The van der Waals surface area contributed by atoms with Crippen LogP contribution < -0.4 is 10.0 Å². The molecule has 11 heteroatoms. The molecule has 2 N–H and O–H groups in total.